The summed E-state index contributed by atoms with van der Waals surface area (Å²) < 4.78 is 57.2. The molecule has 0 radical (unpaired) electrons. The molecule has 0 fully saturated rings. The van der Waals surface area contributed by atoms with E-state index < -0.39 is 23.5 Å². The van der Waals surface area contributed by atoms with Crippen molar-refractivity contribution in [2.45, 2.75) is 19.7 Å². The number of benzene rings is 2. The minimum atomic E-state index is -4.85. The third-order valence-electron chi connectivity index (χ3n) is 3.68. The van der Waals surface area contributed by atoms with Crippen LogP contribution in [-0.4, -0.2) is 10.9 Å². The second-order valence-electron chi connectivity index (χ2n) is 5.84. The van der Waals surface area contributed by atoms with Gasteiger partial charge in [-0.1, -0.05) is 0 Å². The van der Waals surface area contributed by atoms with Crippen molar-refractivity contribution in [1.29, 1.82) is 0 Å². The van der Waals surface area contributed by atoms with Gasteiger partial charge in [-0.15, -0.1) is 11.3 Å². The van der Waals surface area contributed by atoms with Crippen LogP contribution in [0.5, 0.6) is 5.75 Å². The van der Waals surface area contributed by atoms with Crippen LogP contribution in [0.1, 0.15) is 26.6 Å². The highest BCUT2D eigenvalue weighted by Crippen LogP contribution is 2.33. The number of halogens is 4. The van der Waals surface area contributed by atoms with Crippen molar-refractivity contribution in [2.75, 3.05) is 5.32 Å². The molecule has 1 amide bonds. The Labute approximate surface area is 161 Å². The van der Waals surface area contributed by atoms with Gasteiger partial charge >= 0.3 is 6.18 Å². The summed E-state index contributed by atoms with van der Waals surface area (Å²) in [6.07, 6.45) is -4.85. The smallest absolute Gasteiger partial charge is 0.419 e. The zero-order valence-corrected chi connectivity index (χ0v) is 15.3. The van der Waals surface area contributed by atoms with Crippen molar-refractivity contribution in [3.63, 3.8) is 0 Å². The van der Waals surface area contributed by atoms with E-state index in [4.69, 9.17) is 4.74 Å². The van der Waals surface area contributed by atoms with Gasteiger partial charge in [-0.05, 0) is 49.4 Å². The van der Waals surface area contributed by atoms with E-state index >= 15 is 0 Å². The van der Waals surface area contributed by atoms with Gasteiger partial charge in [0.25, 0.3) is 5.91 Å². The molecule has 4 nitrogen and oxygen atoms in total. The molecule has 0 atom stereocenters. The van der Waals surface area contributed by atoms with Crippen LogP contribution in [0.2, 0.25) is 0 Å². The van der Waals surface area contributed by atoms with Gasteiger partial charge in [0.15, 0.2) is 0 Å². The summed E-state index contributed by atoms with van der Waals surface area (Å²) in [6.45, 7) is 2.17. The number of carbonyl (C=O) groups is 1. The van der Waals surface area contributed by atoms with Gasteiger partial charge in [0.1, 0.15) is 23.2 Å². The number of aryl methyl sites for hydroxylation is 1. The van der Waals surface area contributed by atoms with Crippen molar-refractivity contribution < 1.29 is 27.1 Å². The molecule has 0 aliphatic carbocycles. The molecule has 2 aromatic carbocycles. The van der Waals surface area contributed by atoms with Gasteiger partial charge in [-0.25, -0.2) is 9.37 Å². The maximum absolute atomic E-state index is 13.3. The fourth-order valence-electron chi connectivity index (χ4n) is 2.34. The SMILES string of the molecule is Cc1csc(COc2ccc(C(=O)Nc3ccc(F)c(C(F)(F)F)c3)cc2)n1. The van der Waals surface area contributed by atoms with Gasteiger partial charge in [0.2, 0.25) is 0 Å². The lowest BCUT2D eigenvalue weighted by atomic mass is 10.1. The molecule has 146 valence electrons. The minimum absolute atomic E-state index is 0.154. The Morgan fingerprint density at radius 3 is 2.50 bits per heavy atom. The highest BCUT2D eigenvalue weighted by molar-refractivity contribution is 7.09. The Morgan fingerprint density at radius 2 is 1.89 bits per heavy atom. The second-order valence-corrected chi connectivity index (χ2v) is 6.78. The van der Waals surface area contributed by atoms with Crippen LogP contribution in [0, 0.1) is 12.7 Å². The maximum Gasteiger partial charge on any atom is 0.419 e. The van der Waals surface area contributed by atoms with E-state index in [1.807, 2.05) is 12.3 Å². The molecular weight excluding hydrogens is 396 g/mol. The molecule has 0 aliphatic heterocycles. The summed E-state index contributed by atoms with van der Waals surface area (Å²) in [7, 11) is 0. The van der Waals surface area contributed by atoms with Gasteiger partial charge in [-0.3, -0.25) is 4.79 Å². The first-order chi connectivity index (χ1) is 13.2. The van der Waals surface area contributed by atoms with Crippen LogP contribution < -0.4 is 10.1 Å². The fourth-order valence-corrected chi connectivity index (χ4v) is 3.02. The van der Waals surface area contributed by atoms with E-state index in [2.05, 4.69) is 10.3 Å². The second kappa shape index (κ2) is 7.97. The van der Waals surface area contributed by atoms with E-state index in [0.29, 0.717) is 24.5 Å². The Hall–Kier alpha value is -2.94. The normalized spacial score (nSPS) is 11.3. The Morgan fingerprint density at radius 1 is 1.18 bits per heavy atom. The van der Waals surface area contributed by atoms with Crippen molar-refractivity contribution in [3.8, 4) is 5.75 Å². The van der Waals surface area contributed by atoms with Crippen LogP contribution >= 0.6 is 11.3 Å². The number of nitrogens with one attached hydrogen (secondary N) is 1. The van der Waals surface area contributed by atoms with Crippen LogP contribution in [0.15, 0.2) is 47.8 Å². The molecular formula is C19H14F4N2O2S. The van der Waals surface area contributed by atoms with Crippen molar-refractivity contribution in [2.24, 2.45) is 0 Å². The summed E-state index contributed by atoms with van der Waals surface area (Å²) in [4.78, 5) is 16.5. The fraction of sp³-hybridized carbons (Fsp3) is 0.158. The number of anilines is 1. The van der Waals surface area contributed by atoms with E-state index in [-0.39, 0.29) is 11.3 Å². The number of aromatic nitrogens is 1. The zero-order valence-electron chi connectivity index (χ0n) is 14.5. The molecule has 0 bridgehead atoms. The largest absolute Gasteiger partial charge is 0.486 e. The third-order valence-corrected chi connectivity index (χ3v) is 4.62. The Bertz CT molecular complexity index is 984. The number of ether oxygens (including phenoxy) is 1. The molecule has 0 aliphatic rings. The zero-order chi connectivity index (χ0) is 20.3. The van der Waals surface area contributed by atoms with Gasteiger partial charge in [-0.2, -0.15) is 13.2 Å². The molecule has 3 aromatic rings. The third kappa shape index (κ3) is 4.86. The number of thiazole rings is 1. The maximum atomic E-state index is 13.3. The minimum Gasteiger partial charge on any atom is -0.486 e. The monoisotopic (exact) mass is 410 g/mol. The number of carbonyl (C=O) groups excluding carboxylic acids is 1. The van der Waals surface area contributed by atoms with E-state index in [0.717, 1.165) is 16.8 Å². The Balaban J connectivity index is 1.65. The Kier molecular flexibility index (Phi) is 5.64. The molecule has 1 aromatic heterocycles. The molecule has 1 heterocycles. The quantitative estimate of drug-likeness (QED) is 0.570. The predicted octanol–water partition coefficient (Wildman–Crippen LogP) is 5.44. The lowest BCUT2D eigenvalue weighted by Crippen LogP contribution is -2.14. The average molecular weight is 410 g/mol. The number of hydrogen-bond acceptors (Lipinski definition) is 4. The molecule has 28 heavy (non-hydrogen) atoms. The molecule has 0 saturated carbocycles. The van der Waals surface area contributed by atoms with Crippen molar-refractivity contribution >= 4 is 22.9 Å². The average Bonchev–Trinajstić information content (AvgIpc) is 3.06. The highest BCUT2D eigenvalue weighted by Gasteiger charge is 2.34. The van der Waals surface area contributed by atoms with Crippen molar-refractivity contribution in [1.82, 2.24) is 4.98 Å². The summed E-state index contributed by atoms with van der Waals surface area (Å²) in [5.74, 6) is -1.50. The van der Waals surface area contributed by atoms with Crippen LogP contribution in [0.3, 0.4) is 0 Å². The highest BCUT2D eigenvalue weighted by atomic mass is 32.1. The number of amides is 1. The predicted molar refractivity (Wildman–Crippen MR) is 97.0 cm³/mol. The number of hydrogen-bond donors (Lipinski definition) is 1. The van der Waals surface area contributed by atoms with E-state index in [1.165, 1.54) is 23.5 Å². The molecule has 9 heteroatoms. The summed E-state index contributed by atoms with van der Waals surface area (Å²) >= 11 is 1.47. The molecule has 0 saturated heterocycles. The molecule has 0 spiro atoms. The molecule has 3 rings (SSSR count). The van der Waals surface area contributed by atoms with E-state index in [1.54, 1.807) is 12.1 Å². The number of nitrogens with zero attached hydrogens (tertiary/aromatic N) is 1. The van der Waals surface area contributed by atoms with Crippen molar-refractivity contribution in [3.05, 3.63) is 75.5 Å². The number of alkyl halides is 3. The lowest BCUT2D eigenvalue weighted by Gasteiger charge is -2.11. The standard InChI is InChI=1S/C19H14F4N2O2S/c1-11-10-28-17(24-11)9-27-14-5-2-12(3-6-14)18(26)25-13-4-7-16(20)15(8-13)19(21,22)23/h2-8,10H,9H2,1H3,(H,25,26). The molecule has 1 N–H and O–H groups in total. The van der Waals surface area contributed by atoms with Gasteiger partial charge in [0.05, 0.1) is 5.56 Å². The number of rotatable bonds is 5. The summed E-state index contributed by atoms with van der Waals surface area (Å²) in [5, 5.41) is 5.05. The van der Waals surface area contributed by atoms with Crippen LogP contribution in [0.25, 0.3) is 0 Å². The van der Waals surface area contributed by atoms with Gasteiger partial charge in [0, 0.05) is 22.3 Å². The van der Waals surface area contributed by atoms with Crippen LogP contribution in [-0.2, 0) is 12.8 Å². The van der Waals surface area contributed by atoms with Crippen LogP contribution in [0.4, 0.5) is 23.2 Å². The molecule has 0 unspecified atom stereocenters. The first-order valence-corrected chi connectivity index (χ1v) is 8.92. The first kappa shape index (κ1) is 19.8. The topological polar surface area (TPSA) is 51.2 Å². The lowest BCUT2D eigenvalue weighted by molar-refractivity contribution is -0.139. The van der Waals surface area contributed by atoms with E-state index in [9.17, 15) is 22.4 Å². The summed E-state index contributed by atoms with van der Waals surface area (Å²) in [5.41, 5.74) is -0.468. The summed E-state index contributed by atoms with van der Waals surface area (Å²) in [6, 6.07) is 8.38. The van der Waals surface area contributed by atoms with Gasteiger partial charge < -0.3 is 10.1 Å². The first-order valence-electron chi connectivity index (χ1n) is 8.04.